The van der Waals surface area contributed by atoms with Crippen molar-refractivity contribution in [1.82, 2.24) is 4.98 Å². The summed E-state index contributed by atoms with van der Waals surface area (Å²) in [5.74, 6) is 0.112. The molecule has 0 bridgehead atoms. The molecule has 114 valence electrons. The summed E-state index contributed by atoms with van der Waals surface area (Å²) in [4.78, 5) is 27.5. The second-order valence-electron chi connectivity index (χ2n) is 5.83. The summed E-state index contributed by atoms with van der Waals surface area (Å²) in [6.45, 7) is 7.13. The maximum absolute atomic E-state index is 11.2. The number of rotatable bonds is 3. The first-order valence-electron chi connectivity index (χ1n) is 6.95. The molecule has 3 unspecified atom stereocenters. The smallest absolute Gasteiger partial charge is 0.342 e. The second-order valence-corrected chi connectivity index (χ2v) is 5.83. The Kier molecular flexibility index (Phi) is 4.11. The van der Waals surface area contributed by atoms with Crippen LogP contribution in [-0.4, -0.2) is 33.6 Å². The van der Waals surface area contributed by atoms with Crippen LogP contribution in [0.2, 0.25) is 0 Å². The van der Waals surface area contributed by atoms with E-state index in [9.17, 15) is 14.9 Å². The van der Waals surface area contributed by atoms with E-state index in [1.54, 1.807) is 0 Å². The van der Waals surface area contributed by atoms with Crippen LogP contribution in [0.4, 0.5) is 11.5 Å². The number of aromatic carboxylic acids is 1. The van der Waals surface area contributed by atoms with Crippen molar-refractivity contribution < 1.29 is 14.8 Å². The molecule has 1 N–H and O–H groups in total. The molecule has 1 aromatic heterocycles. The maximum atomic E-state index is 11.2. The third-order valence-corrected chi connectivity index (χ3v) is 4.19. The highest BCUT2D eigenvalue weighted by molar-refractivity contribution is 5.93. The maximum Gasteiger partial charge on any atom is 0.342 e. The molecule has 0 spiro atoms. The van der Waals surface area contributed by atoms with Crippen LogP contribution in [0, 0.1) is 22.0 Å². The van der Waals surface area contributed by atoms with Gasteiger partial charge in [-0.15, -0.1) is 0 Å². The number of nitro groups is 1. The van der Waals surface area contributed by atoms with E-state index in [-0.39, 0.29) is 11.6 Å². The molecule has 0 aliphatic carbocycles. The molecule has 21 heavy (non-hydrogen) atoms. The van der Waals surface area contributed by atoms with Gasteiger partial charge < -0.3 is 10.0 Å². The lowest BCUT2D eigenvalue weighted by atomic mass is 9.86. The van der Waals surface area contributed by atoms with E-state index in [1.165, 1.54) is 6.07 Å². The number of hydrogen-bond acceptors (Lipinski definition) is 5. The van der Waals surface area contributed by atoms with Crippen molar-refractivity contribution in [3.05, 3.63) is 27.9 Å². The van der Waals surface area contributed by atoms with Gasteiger partial charge in [-0.25, -0.2) is 9.78 Å². The van der Waals surface area contributed by atoms with Gasteiger partial charge in [0.2, 0.25) is 0 Å². The fourth-order valence-electron chi connectivity index (χ4n) is 2.93. The summed E-state index contributed by atoms with van der Waals surface area (Å²) in [5, 5.41) is 20.0. The lowest BCUT2D eigenvalue weighted by molar-refractivity contribution is -0.385. The largest absolute Gasteiger partial charge is 0.477 e. The van der Waals surface area contributed by atoms with Gasteiger partial charge in [-0.3, -0.25) is 10.1 Å². The van der Waals surface area contributed by atoms with Gasteiger partial charge in [0.1, 0.15) is 17.6 Å². The normalized spacial score (nSPS) is 25.7. The predicted molar refractivity (Wildman–Crippen MR) is 77.6 cm³/mol. The Morgan fingerprint density at radius 1 is 1.48 bits per heavy atom. The number of carboxylic acids is 1. The predicted octanol–water partition coefficient (Wildman–Crippen LogP) is 2.56. The van der Waals surface area contributed by atoms with E-state index in [1.807, 2.05) is 4.90 Å². The molecular weight excluding hydrogens is 274 g/mol. The third-order valence-electron chi connectivity index (χ3n) is 4.19. The molecule has 1 aliphatic heterocycles. The van der Waals surface area contributed by atoms with Gasteiger partial charge >= 0.3 is 11.7 Å². The van der Waals surface area contributed by atoms with E-state index in [0.29, 0.717) is 17.7 Å². The number of hydrogen-bond donors (Lipinski definition) is 1. The summed E-state index contributed by atoms with van der Waals surface area (Å²) in [6.07, 6.45) is 2.14. The Bertz CT molecular complexity index is 575. The summed E-state index contributed by atoms with van der Waals surface area (Å²) in [5.41, 5.74) is -0.792. The molecule has 2 rings (SSSR count). The molecule has 0 aromatic carbocycles. The van der Waals surface area contributed by atoms with Gasteiger partial charge in [-0.1, -0.05) is 13.8 Å². The Balaban J connectivity index is 2.42. The topological polar surface area (TPSA) is 96.6 Å². The molecule has 7 heteroatoms. The fraction of sp³-hybridized carbons (Fsp3) is 0.571. The summed E-state index contributed by atoms with van der Waals surface area (Å²) >= 11 is 0. The summed E-state index contributed by atoms with van der Waals surface area (Å²) in [6, 6.07) is 1.53. The second kappa shape index (κ2) is 5.67. The lowest BCUT2D eigenvalue weighted by Gasteiger charge is -2.41. The van der Waals surface area contributed by atoms with Crippen LogP contribution >= 0.6 is 0 Å². The minimum absolute atomic E-state index is 0.219. The quantitative estimate of drug-likeness (QED) is 0.679. The number of carbonyl (C=O) groups is 1. The number of anilines is 1. The van der Waals surface area contributed by atoms with Crippen LogP contribution in [-0.2, 0) is 0 Å². The zero-order chi connectivity index (χ0) is 15.7. The molecule has 1 aliphatic rings. The van der Waals surface area contributed by atoms with E-state index >= 15 is 0 Å². The first kappa shape index (κ1) is 15.2. The van der Waals surface area contributed by atoms with Crippen molar-refractivity contribution in [1.29, 1.82) is 0 Å². The SMILES string of the molecule is CC1CC(C)C(C)N(c2cc(C(=O)O)c([N+](=O)[O-])cn2)C1. The number of aromatic nitrogens is 1. The van der Waals surface area contributed by atoms with Crippen molar-refractivity contribution in [3.8, 4) is 0 Å². The number of nitrogens with zero attached hydrogens (tertiary/aromatic N) is 3. The molecule has 1 saturated heterocycles. The van der Waals surface area contributed by atoms with Gasteiger partial charge in [-0.05, 0) is 25.2 Å². The first-order valence-corrected chi connectivity index (χ1v) is 6.95. The van der Waals surface area contributed by atoms with Gasteiger partial charge in [0.15, 0.2) is 0 Å². The van der Waals surface area contributed by atoms with Crippen molar-refractivity contribution in [3.63, 3.8) is 0 Å². The van der Waals surface area contributed by atoms with Crippen molar-refractivity contribution in [2.24, 2.45) is 11.8 Å². The van der Waals surface area contributed by atoms with Crippen LogP contribution in [0.15, 0.2) is 12.3 Å². The van der Waals surface area contributed by atoms with Gasteiger partial charge in [-0.2, -0.15) is 0 Å². The minimum Gasteiger partial charge on any atom is -0.477 e. The first-order chi connectivity index (χ1) is 9.81. The average molecular weight is 293 g/mol. The average Bonchev–Trinajstić information content (AvgIpc) is 2.42. The van der Waals surface area contributed by atoms with E-state index < -0.39 is 16.6 Å². The molecule has 0 radical (unpaired) electrons. The molecule has 1 aromatic rings. The highest BCUT2D eigenvalue weighted by Gasteiger charge is 2.31. The van der Waals surface area contributed by atoms with Crippen LogP contribution in [0.1, 0.15) is 37.6 Å². The van der Waals surface area contributed by atoms with E-state index in [0.717, 1.165) is 19.2 Å². The third kappa shape index (κ3) is 2.96. The minimum atomic E-state index is -1.31. The van der Waals surface area contributed by atoms with Crippen LogP contribution in [0.5, 0.6) is 0 Å². The summed E-state index contributed by atoms with van der Waals surface area (Å²) < 4.78 is 0. The zero-order valence-corrected chi connectivity index (χ0v) is 12.3. The van der Waals surface area contributed by atoms with Crippen molar-refractivity contribution >= 4 is 17.5 Å². The van der Waals surface area contributed by atoms with Gasteiger partial charge in [0.05, 0.1) is 4.92 Å². The molecule has 3 atom stereocenters. The molecule has 0 amide bonds. The summed E-state index contributed by atoms with van der Waals surface area (Å²) in [7, 11) is 0. The number of carboxylic acid groups (broad SMARTS) is 1. The molecular formula is C14H19N3O4. The van der Waals surface area contributed by atoms with Gasteiger partial charge in [0, 0.05) is 18.7 Å². The van der Waals surface area contributed by atoms with Crippen LogP contribution in [0.25, 0.3) is 0 Å². The van der Waals surface area contributed by atoms with Gasteiger partial charge in [0.25, 0.3) is 0 Å². The number of pyridine rings is 1. The molecule has 0 saturated carbocycles. The molecule has 1 fully saturated rings. The Hall–Kier alpha value is -2.18. The Morgan fingerprint density at radius 3 is 2.71 bits per heavy atom. The molecule has 2 heterocycles. The Morgan fingerprint density at radius 2 is 2.14 bits per heavy atom. The van der Waals surface area contributed by atoms with Crippen LogP contribution < -0.4 is 4.90 Å². The Labute approximate surface area is 122 Å². The lowest BCUT2D eigenvalue weighted by Crippen LogP contribution is -2.46. The van der Waals surface area contributed by atoms with Crippen molar-refractivity contribution in [2.45, 2.75) is 33.2 Å². The van der Waals surface area contributed by atoms with Crippen LogP contribution in [0.3, 0.4) is 0 Å². The van der Waals surface area contributed by atoms with E-state index in [4.69, 9.17) is 5.11 Å². The highest BCUT2D eigenvalue weighted by atomic mass is 16.6. The zero-order valence-electron chi connectivity index (χ0n) is 12.3. The number of piperidine rings is 1. The monoisotopic (exact) mass is 293 g/mol. The van der Waals surface area contributed by atoms with E-state index in [2.05, 4.69) is 25.8 Å². The molecule has 7 nitrogen and oxygen atoms in total. The fourth-order valence-corrected chi connectivity index (χ4v) is 2.93. The highest BCUT2D eigenvalue weighted by Crippen LogP contribution is 2.32. The standard InChI is InChI=1S/C14H19N3O4/c1-8-4-9(2)10(3)16(7-8)13-5-11(14(18)19)12(6-15-13)17(20)21/h5-6,8-10H,4,7H2,1-3H3,(H,18,19). The van der Waals surface area contributed by atoms with Crippen molar-refractivity contribution in [2.75, 3.05) is 11.4 Å².